The topological polar surface area (TPSA) is 84.9 Å². The molecule has 192 valence electrons. The summed E-state index contributed by atoms with van der Waals surface area (Å²) in [6.45, 7) is 7.51. The summed E-state index contributed by atoms with van der Waals surface area (Å²) in [7, 11) is -1.25. The molecule has 0 saturated heterocycles. The highest BCUT2D eigenvalue weighted by Crippen LogP contribution is 2.32. The van der Waals surface area contributed by atoms with Gasteiger partial charge < -0.3 is 14.8 Å². The van der Waals surface area contributed by atoms with Crippen molar-refractivity contribution in [2.24, 2.45) is 0 Å². The zero-order valence-corrected chi connectivity index (χ0v) is 22.8. The fourth-order valence-electron chi connectivity index (χ4n) is 3.97. The molecule has 1 N–H and O–H groups in total. The number of rotatable bonds is 9. The number of aryl methyl sites for hydroxylation is 3. The Kier molecular flexibility index (Phi) is 8.53. The van der Waals surface area contributed by atoms with E-state index in [1.165, 1.54) is 38.0 Å². The van der Waals surface area contributed by atoms with Gasteiger partial charge in [0.2, 0.25) is 5.91 Å². The van der Waals surface area contributed by atoms with E-state index in [0.717, 1.165) is 21.0 Å². The Morgan fingerprint density at radius 1 is 0.917 bits per heavy atom. The van der Waals surface area contributed by atoms with Crippen LogP contribution in [0.4, 0.5) is 5.69 Å². The van der Waals surface area contributed by atoms with E-state index in [1.54, 1.807) is 24.3 Å². The summed E-state index contributed by atoms with van der Waals surface area (Å²) >= 11 is 6.02. The van der Waals surface area contributed by atoms with E-state index in [1.807, 2.05) is 33.8 Å². The third-order valence-electron chi connectivity index (χ3n) is 6.07. The van der Waals surface area contributed by atoms with Gasteiger partial charge in [0.15, 0.2) is 11.5 Å². The second-order valence-electron chi connectivity index (χ2n) is 8.59. The van der Waals surface area contributed by atoms with Crippen LogP contribution in [0.1, 0.15) is 35.2 Å². The monoisotopic (exact) mass is 530 g/mol. The Hall–Kier alpha value is -3.23. The molecule has 3 aromatic carbocycles. The summed E-state index contributed by atoms with van der Waals surface area (Å²) < 4.78 is 39.0. The number of carbonyl (C=O) groups is 1. The molecule has 1 amide bonds. The molecule has 0 saturated carbocycles. The first-order valence-electron chi connectivity index (χ1n) is 11.4. The van der Waals surface area contributed by atoms with E-state index in [0.29, 0.717) is 16.5 Å². The normalized spacial score (nSPS) is 12.1. The summed E-state index contributed by atoms with van der Waals surface area (Å²) in [5, 5.41) is 3.39. The van der Waals surface area contributed by atoms with Crippen molar-refractivity contribution in [2.45, 2.75) is 38.6 Å². The molecule has 0 aliphatic rings. The summed E-state index contributed by atoms with van der Waals surface area (Å²) in [5.41, 5.74) is 4.63. The molecule has 9 heteroatoms. The van der Waals surface area contributed by atoms with E-state index in [4.69, 9.17) is 21.1 Å². The third-order valence-corrected chi connectivity index (χ3v) is 8.09. The quantitative estimate of drug-likeness (QED) is 0.403. The Bertz CT molecular complexity index is 1360. The highest BCUT2D eigenvalue weighted by atomic mass is 35.5. The predicted octanol–water partition coefficient (Wildman–Crippen LogP) is 5.36. The van der Waals surface area contributed by atoms with Crippen LogP contribution in [-0.2, 0) is 14.8 Å². The van der Waals surface area contributed by atoms with Crippen molar-refractivity contribution in [3.8, 4) is 11.5 Å². The van der Waals surface area contributed by atoms with Crippen LogP contribution in [0, 0.1) is 20.8 Å². The largest absolute Gasteiger partial charge is 0.493 e. The molecule has 36 heavy (non-hydrogen) atoms. The van der Waals surface area contributed by atoms with Gasteiger partial charge in [-0.25, -0.2) is 8.42 Å². The van der Waals surface area contributed by atoms with Crippen LogP contribution in [0.2, 0.25) is 5.02 Å². The Labute approximate surface area is 218 Å². The van der Waals surface area contributed by atoms with Gasteiger partial charge in [-0.15, -0.1) is 0 Å². The summed E-state index contributed by atoms with van der Waals surface area (Å²) in [6.07, 6.45) is 0. The average molecular weight is 531 g/mol. The number of hydrogen-bond acceptors (Lipinski definition) is 5. The molecule has 3 aromatic rings. The van der Waals surface area contributed by atoms with E-state index in [2.05, 4.69) is 11.4 Å². The number of nitrogens with zero attached hydrogens (tertiary/aromatic N) is 1. The van der Waals surface area contributed by atoms with Crippen molar-refractivity contribution >= 4 is 33.2 Å². The van der Waals surface area contributed by atoms with Crippen LogP contribution >= 0.6 is 11.6 Å². The summed E-state index contributed by atoms with van der Waals surface area (Å²) in [4.78, 5) is 13.1. The van der Waals surface area contributed by atoms with Crippen LogP contribution in [0.25, 0.3) is 0 Å². The number of methoxy groups -OCH3 is 2. The molecule has 0 unspecified atom stereocenters. The highest BCUT2D eigenvalue weighted by molar-refractivity contribution is 7.92. The third kappa shape index (κ3) is 5.94. The number of nitrogens with one attached hydrogen (secondary N) is 1. The molecule has 7 nitrogen and oxygen atoms in total. The number of sulfonamides is 1. The Balaban J connectivity index is 1.95. The van der Waals surface area contributed by atoms with Gasteiger partial charge in [0.1, 0.15) is 6.54 Å². The number of hydrogen-bond donors (Lipinski definition) is 1. The molecule has 0 fully saturated rings. The molecule has 0 spiro atoms. The standard InChI is InChI=1S/C27H31ClN2O5S/c1-17-13-19(3)24(14-18(17)2)20(4)29-27(31)16-30(22-9-7-21(28)8-10-22)36(32,33)23-11-12-25(34-5)26(15-23)35-6/h7-15,20H,16H2,1-6H3,(H,29,31)/t20-/m1/s1. The average Bonchev–Trinajstić information content (AvgIpc) is 2.84. The van der Waals surface area contributed by atoms with Crippen molar-refractivity contribution < 1.29 is 22.7 Å². The zero-order chi connectivity index (χ0) is 26.6. The maximum absolute atomic E-state index is 13.7. The molecular weight excluding hydrogens is 500 g/mol. The van der Waals surface area contributed by atoms with Crippen LogP contribution < -0.4 is 19.1 Å². The zero-order valence-electron chi connectivity index (χ0n) is 21.3. The molecule has 0 aliphatic carbocycles. The molecule has 0 aliphatic heterocycles. The number of carbonyl (C=O) groups excluding carboxylic acids is 1. The first kappa shape index (κ1) is 27.4. The smallest absolute Gasteiger partial charge is 0.264 e. The number of ether oxygens (including phenoxy) is 2. The van der Waals surface area contributed by atoms with Gasteiger partial charge in [-0.05, 0) is 86.3 Å². The van der Waals surface area contributed by atoms with Crippen molar-refractivity contribution in [1.82, 2.24) is 5.32 Å². The molecular formula is C27H31ClN2O5S. The lowest BCUT2D eigenvalue weighted by atomic mass is 9.96. The highest BCUT2D eigenvalue weighted by Gasteiger charge is 2.29. The van der Waals surface area contributed by atoms with Crippen LogP contribution in [0.15, 0.2) is 59.5 Å². The van der Waals surface area contributed by atoms with Crippen LogP contribution in [-0.4, -0.2) is 35.1 Å². The molecule has 0 radical (unpaired) electrons. The molecule has 0 bridgehead atoms. The first-order valence-corrected chi connectivity index (χ1v) is 13.2. The second kappa shape index (κ2) is 11.2. The number of benzene rings is 3. The van der Waals surface area contributed by atoms with Crippen molar-refractivity contribution in [2.75, 3.05) is 25.1 Å². The van der Waals surface area contributed by atoms with Gasteiger partial charge in [0.25, 0.3) is 10.0 Å². The SMILES string of the molecule is COc1ccc(S(=O)(=O)N(CC(=O)N[C@H](C)c2cc(C)c(C)cc2C)c2ccc(Cl)cc2)cc1OC. The van der Waals surface area contributed by atoms with Gasteiger partial charge in [-0.3, -0.25) is 9.10 Å². The molecule has 0 heterocycles. The number of anilines is 1. The van der Waals surface area contributed by atoms with Crippen LogP contribution in [0.3, 0.4) is 0 Å². The minimum Gasteiger partial charge on any atom is -0.493 e. The Morgan fingerprint density at radius 2 is 1.53 bits per heavy atom. The lowest BCUT2D eigenvalue weighted by Crippen LogP contribution is -2.41. The van der Waals surface area contributed by atoms with Crippen molar-refractivity contribution in [3.63, 3.8) is 0 Å². The van der Waals surface area contributed by atoms with Gasteiger partial charge in [0.05, 0.1) is 30.8 Å². The van der Waals surface area contributed by atoms with Gasteiger partial charge in [0, 0.05) is 11.1 Å². The van der Waals surface area contributed by atoms with Gasteiger partial charge in [-0.1, -0.05) is 23.7 Å². The number of amides is 1. The van der Waals surface area contributed by atoms with Crippen molar-refractivity contribution in [3.05, 3.63) is 81.9 Å². The maximum Gasteiger partial charge on any atom is 0.264 e. The first-order chi connectivity index (χ1) is 17.0. The van der Waals surface area contributed by atoms with Crippen molar-refractivity contribution in [1.29, 1.82) is 0 Å². The molecule has 1 atom stereocenters. The number of halogens is 1. The minimum atomic E-state index is -4.15. The van der Waals surface area contributed by atoms with E-state index < -0.39 is 22.5 Å². The summed E-state index contributed by atoms with van der Waals surface area (Å²) in [6, 6.07) is 14.4. The van der Waals surface area contributed by atoms with E-state index >= 15 is 0 Å². The van der Waals surface area contributed by atoms with E-state index in [-0.39, 0.29) is 16.7 Å². The maximum atomic E-state index is 13.7. The van der Waals surface area contributed by atoms with Gasteiger partial charge in [-0.2, -0.15) is 0 Å². The molecule has 0 aromatic heterocycles. The molecule has 3 rings (SSSR count). The van der Waals surface area contributed by atoms with Gasteiger partial charge >= 0.3 is 0 Å². The minimum absolute atomic E-state index is 0.0408. The fourth-order valence-corrected chi connectivity index (χ4v) is 5.53. The second-order valence-corrected chi connectivity index (χ2v) is 10.9. The lowest BCUT2D eigenvalue weighted by Gasteiger charge is -2.26. The Morgan fingerprint density at radius 3 is 2.14 bits per heavy atom. The lowest BCUT2D eigenvalue weighted by molar-refractivity contribution is -0.120. The van der Waals surface area contributed by atoms with Crippen LogP contribution in [0.5, 0.6) is 11.5 Å². The summed E-state index contributed by atoms with van der Waals surface area (Å²) in [5.74, 6) is 0.210. The fraction of sp³-hybridized carbons (Fsp3) is 0.296. The van der Waals surface area contributed by atoms with E-state index in [9.17, 15) is 13.2 Å². The predicted molar refractivity (Wildman–Crippen MR) is 143 cm³/mol.